The number of nitrogens with one attached hydrogen (secondary N) is 2. The van der Waals surface area contributed by atoms with Crippen molar-refractivity contribution in [3.8, 4) is 11.3 Å². The molecule has 194 valence electrons. The lowest BCUT2D eigenvalue weighted by molar-refractivity contribution is -0.160. The summed E-state index contributed by atoms with van der Waals surface area (Å²) in [4.78, 5) is 33.0. The van der Waals surface area contributed by atoms with Gasteiger partial charge in [0.2, 0.25) is 0 Å². The Morgan fingerprint density at radius 2 is 1.92 bits per heavy atom. The molecule has 1 fully saturated rings. The minimum Gasteiger partial charge on any atom is -0.481 e. The number of hydrogen-bond acceptors (Lipinski definition) is 7. The molecule has 4 rings (SSSR count). The first-order valence-electron chi connectivity index (χ1n) is 12.0. The van der Waals surface area contributed by atoms with Crippen LogP contribution >= 0.6 is 0 Å². The number of halogens is 3. The summed E-state index contributed by atoms with van der Waals surface area (Å²) in [5, 5.41) is 25.4. The number of aliphatic hydroxyl groups excluding tert-OH is 1. The third-order valence-electron chi connectivity index (χ3n) is 6.96. The SMILES string of the molecule is O=C(O)CC1(CC(F)(F)F)CCc2cc(-c3cnc(NC(O)NC4CCCCC4)cn3)ccc2C1=O. The van der Waals surface area contributed by atoms with Crippen LogP contribution in [0.4, 0.5) is 19.0 Å². The number of Topliss-reactive ketones (excluding diaryl/α,β-unsaturated/α-hetero) is 1. The zero-order valence-corrected chi connectivity index (χ0v) is 19.6. The number of fused-ring (bicyclic) bond motifs is 1. The highest BCUT2D eigenvalue weighted by Crippen LogP contribution is 2.46. The first-order valence-corrected chi connectivity index (χ1v) is 12.0. The molecule has 0 spiro atoms. The number of aromatic nitrogens is 2. The maximum absolute atomic E-state index is 13.2. The van der Waals surface area contributed by atoms with Crippen molar-refractivity contribution in [3.63, 3.8) is 0 Å². The van der Waals surface area contributed by atoms with E-state index in [1.807, 2.05) is 0 Å². The van der Waals surface area contributed by atoms with E-state index in [4.69, 9.17) is 0 Å². The summed E-state index contributed by atoms with van der Waals surface area (Å²) in [6, 6.07) is 4.93. The van der Waals surface area contributed by atoms with Crippen LogP contribution in [-0.4, -0.2) is 50.5 Å². The predicted octanol–water partition coefficient (Wildman–Crippen LogP) is 4.30. The molecule has 1 aromatic heterocycles. The number of benzene rings is 1. The Balaban J connectivity index is 1.47. The quantitative estimate of drug-likeness (QED) is 0.391. The van der Waals surface area contributed by atoms with Crippen LogP contribution in [0.25, 0.3) is 11.3 Å². The van der Waals surface area contributed by atoms with Crippen molar-refractivity contribution in [2.24, 2.45) is 5.41 Å². The van der Waals surface area contributed by atoms with Crippen molar-refractivity contribution in [1.29, 1.82) is 0 Å². The molecule has 8 nitrogen and oxygen atoms in total. The van der Waals surface area contributed by atoms with Gasteiger partial charge < -0.3 is 15.5 Å². The molecule has 0 amide bonds. The molecule has 0 saturated heterocycles. The maximum atomic E-state index is 13.2. The Morgan fingerprint density at radius 1 is 1.17 bits per heavy atom. The molecule has 4 N–H and O–H groups in total. The van der Waals surface area contributed by atoms with Crippen LogP contribution in [-0.2, 0) is 11.2 Å². The number of aliphatic carboxylic acids is 1. The van der Waals surface area contributed by atoms with Gasteiger partial charge in [0, 0.05) is 17.2 Å². The van der Waals surface area contributed by atoms with Gasteiger partial charge in [0.25, 0.3) is 0 Å². The van der Waals surface area contributed by atoms with E-state index in [1.54, 1.807) is 12.1 Å². The molecule has 2 aliphatic carbocycles. The van der Waals surface area contributed by atoms with E-state index in [9.17, 15) is 33.0 Å². The Hall–Kier alpha value is -3.05. The zero-order chi connectivity index (χ0) is 25.9. The van der Waals surface area contributed by atoms with E-state index >= 15 is 0 Å². The van der Waals surface area contributed by atoms with Crippen LogP contribution in [0.3, 0.4) is 0 Å². The molecule has 36 heavy (non-hydrogen) atoms. The molecular weight excluding hydrogens is 477 g/mol. The number of rotatable bonds is 8. The second-order valence-corrected chi connectivity index (χ2v) is 9.68. The molecule has 1 aromatic carbocycles. The number of carboxylic acids is 1. The van der Waals surface area contributed by atoms with Gasteiger partial charge >= 0.3 is 12.1 Å². The van der Waals surface area contributed by atoms with Gasteiger partial charge in [-0.05, 0) is 37.3 Å². The summed E-state index contributed by atoms with van der Waals surface area (Å²) in [5.41, 5.74) is -0.222. The molecule has 0 radical (unpaired) electrons. The number of aryl methyl sites for hydroxylation is 1. The van der Waals surface area contributed by atoms with Gasteiger partial charge in [0.1, 0.15) is 5.82 Å². The van der Waals surface area contributed by atoms with E-state index < -0.39 is 42.5 Å². The Kier molecular flexibility index (Phi) is 7.60. The number of alkyl halides is 3. The highest BCUT2D eigenvalue weighted by Gasteiger charge is 2.51. The monoisotopic (exact) mass is 506 g/mol. The predicted molar refractivity (Wildman–Crippen MR) is 125 cm³/mol. The number of nitrogens with zero attached hydrogens (tertiary/aromatic N) is 2. The van der Waals surface area contributed by atoms with Crippen molar-refractivity contribution in [1.82, 2.24) is 15.3 Å². The Labute approximate surface area is 206 Å². The minimum absolute atomic E-state index is 0.110. The smallest absolute Gasteiger partial charge is 0.390 e. The van der Waals surface area contributed by atoms with Gasteiger partial charge in [0.05, 0.1) is 36.3 Å². The fraction of sp³-hybridized carbons (Fsp3) is 0.520. The summed E-state index contributed by atoms with van der Waals surface area (Å²) < 4.78 is 39.6. The molecule has 11 heteroatoms. The van der Waals surface area contributed by atoms with E-state index in [0.29, 0.717) is 22.6 Å². The molecule has 2 aromatic rings. The lowest BCUT2D eigenvalue weighted by Crippen LogP contribution is -2.44. The van der Waals surface area contributed by atoms with Crippen molar-refractivity contribution in [3.05, 3.63) is 41.7 Å². The maximum Gasteiger partial charge on any atom is 0.390 e. The first-order chi connectivity index (χ1) is 17.0. The Bertz CT molecular complexity index is 1100. The number of ketones is 1. The van der Waals surface area contributed by atoms with Crippen LogP contribution < -0.4 is 10.6 Å². The number of carboxylic acid groups (broad SMARTS) is 1. The van der Waals surface area contributed by atoms with Gasteiger partial charge in [0.15, 0.2) is 12.1 Å². The first kappa shape index (κ1) is 26.0. The molecular formula is C25H29F3N4O4. The van der Waals surface area contributed by atoms with E-state index in [1.165, 1.54) is 24.9 Å². The van der Waals surface area contributed by atoms with Gasteiger partial charge in [-0.25, -0.2) is 4.98 Å². The van der Waals surface area contributed by atoms with Crippen molar-refractivity contribution in [2.75, 3.05) is 5.32 Å². The lowest BCUT2D eigenvalue weighted by atomic mass is 9.66. The molecule has 0 aliphatic heterocycles. The lowest BCUT2D eigenvalue weighted by Gasteiger charge is -2.36. The van der Waals surface area contributed by atoms with Crippen LogP contribution in [0.2, 0.25) is 0 Å². The molecule has 1 saturated carbocycles. The van der Waals surface area contributed by atoms with Gasteiger partial charge in [-0.15, -0.1) is 0 Å². The number of aliphatic hydroxyl groups is 1. The average Bonchev–Trinajstić information content (AvgIpc) is 2.81. The van der Waals surface area contributed by atoms with Gasteiger partial charge in [-0.2, -0.15) is 13.2 Å². The largest absolute Gasteiger partial charge is 0.481 e. The van der Waals surface area contributed by atoms with Crippen LogP contribution in [0.15, 0.2) is 30.6 Å². The number of carbonyl (C=O) groups excluding carboxylic acids is 1. The molecule has 2 unspecified atom stereocenters. The summed E-state index contributed by atoms with van der Waals surface area (Å²) in [6.45, 7) is 0. The number of carbonyl (C=O) groups is 2. The second-order valence-electron chi connectivity index (χ2n) is 9.68. The average molecular weight is 507 g/mol. The standard InChI is InChI=1S/C25H29F3N4O4/c26-25(27,28)14-24(11-21(33)34)9-8-15-10-16(6-7-18(15)22(24)35)19-12-30-20(13-29-19)32-23(36)31-17-4-2-1-3-5-17/h6-7,10,12-13,17,23,31,36H,1-5,8-9,11,14H2,(H,30,32)(H,33,34). The molecule has 2 aliphatic rings. The Morgan fingerprint density at radius 3 is 2.56 bits per heavy atom. The molecule has 0 bridgehead atoms. The minimum atomic E-state index is -4.66. The van der Waals surface area contributed by atoms with E-state index in [-0.39, 0.29) is 24.4 Å². The highest BCUT2D eigenvalue weighted by atomic mass is 19.4. The number of anilines is 1. The zero-order valence-electron chi connectivity index (χ0n) is 19.6. The molecule has 2 atom stereocenters. The van der Waals surface area contributed by atoms with E-state index in [0.717, 1.165) is 25.7 Å². The van der Waals surface area contributed by atoms with Crippen molar-refractivity contribution >= 4 is 17.6 Å². The summed E-state index contributed by atoms with van der Waals surface area (Å²) in [5.74, 6) is -1.86. The van der Waals surface area contributed by atoms with Crippen LogP contribution in [0.1, 0.15) is 67.3 Å². The van der Waals surface area contributed by atoms with E-state index in [2.05, 4.69) is 20.6 Å². The van der Waals surface area contributed by atoms with Gasteiger partial charge in [-0.1, -0.05) is 31.4 Å². The highest BCUT2D eigenvalue weighted by molar-refractivity contribution is 6.04. The number of hydrogen-bond donors (Lipinski definition) is 4. The third kappa shape index (κ3) is 6.19. The van der Waals surface area contributed by atoms with Crippen molar-refractivity contribution in [2.45, 2.75) is 76.4 Å². The summed E-state index contributed by atoms with van der Waals surface area (Å²) >= 11 is 0. The summed E-state index contributed by atoms with van der Waals surface area (Å²) in [6.07, 6.45) is 0.451. The van der Waals surface area contributed by atoms with Crippen LogP contribution in [0, 0.1) is 5.41 Å². The molecule has 1 heterocycles. The van der Waals surface area contributed by atoms with Crippen molar-refractivity contribution < 1.29 is 33.0 Å². The topological polar surface area (TPSA) is 124 Å². The normalized spacial score (nSPS) is 21.6. The summed E-state index contributed by atoms with van der Waals surface area (Å²) in [7, 11) is 0. The third-order valence-corrected chi connectivity index (χ3v) is 6.96. The van der Waals surface area contributed by atoms with Crippen LogP contribution in [0.5, 0.6) is 0 Å². The fourth-order valence-corrected chi connectivity index (χ4v) is 5.25. The second kappa shape index (κ2) is 10.5. The fourth-order valence-electron chi connectivity index (χ4n) is 5.25. The van der Waals surface area contributed by atoms with Gasteiger partial charge in [-0.3, -0.25) is 19.9 Å².